The molecule has 0 aliphatic carbocycles. The molecule has 0 rings (SSSR count). The van der Waals surface area contributed by atoms with E-state index in [-0.39, 0.29) is 5.48 Å². The van der Waals surface area contributed by atoms with Crippen molar-refractivity contribution in [2.45, 2.75) is 55.4 Å². The van der Waals surface area contributed by atoms with Crippen LogP contribution in [0.2, 0.25) is 0 Å². The Labute approximate surface area is 197 Å². The van der Waals surface area contributed by atoms with E-state index >= 15 is 0 Å². The number of hydrogen-bond donors (Lipinski definition) is 4. The molecule has 0 aromatic heterocycles. The standard InChI is InChI=1S/4C4H11N.2C2H2O4.H2O/c4*1-4(2)3-5;2*3-1(4)2(5)6;/h4*4H,3,5H2,1-2H3;2*(H,3,4)(H,5,6);1H2. The second kappa shape index (κ2) is 37.0. The fourth-order valence-corrected chi connectivity index (χ4v) is 0. The molecule has 0 aliphatic rings. The lowest BCUT2D eigenvalue weighted by Gasteiger charge is -1.97. The molecule has 0 aliphatic heterocycles. The molecule has 13 heteroatoms. The predicted octanol–water partition coefficient (Wildman–Crippen LogP) is -8.32. The van der Waals surface area contributed by atoms with Gasteiger partial charge in [-0.1, -0.05) is 55.4 Å². The van der Waals surface area contributed by atoms with Crippen LogP contribution >= 0.6 is 0 Å². The van der Waals surface area contributed by atoms with E-state index in [1.165, 1.54) is 0 Å². The first-order valence-corrected chi connectivity index (χ1v) is 10.4. The van der Waals surface area contributed by atoms with E-state index in [2.05, 4.69) is 78.3 Å². The maximum atomic E-state index is 8.93. The molecule has 14 N–H and O–H groups in total. The third kappa shape index (κ3) is 122. The van der Waals surface area contributed by atoms with Crippen molar-refractivity contribution in [2.24, 2.45) is 23.7 Å². The molecule has 33 heavy (non-hydrogen) atoms. The van der Waals surface area contributed by atoms with E-state index < -0.39 is 23.9 Å². The highest BCUT2D eigenvalue weighted by molar-refractivity contribution is 6.25. The SMILES string of the molecule is CC(C)C[NH3+].CC(C)C[NH3+].CC(C)C[NH3+].CC(C)C[NH3+].O.O=C([O-])C(=O)[O-].O=C([O-])C(=O)[O-]. The number of carboxylic acid groups (broad SMARTS) is 4. The zero-order chi connectivity index (χ0) is 27.4. The van der Waals surface area contributed by atoms with E-state index in [4.69, 9.17) is 39.6 Å². The minimum atomic E-state index is -2.19. The highest BCUT2D eigenvalue weighted by Gasteiger charge is 1.85. The number of rotatable bonds is 4. The van der Waals surface area contributed by atoms with E-state index in [1.54, 1.807) is 0 Å². The smallest absolute Gasteiger partial charge is 0.0870 e. The summed E-state index contributed by atoms with van der Waals surface area (Å²) in [5.41, 5.74) is 14.7. The summed E-state index contributed by atoms with van der Waals surface area (Å²) in [6, 6.07) is 0. The minimum Gasteiger partial charge on any atom is -0.543 e. The van der Waals surface area contributed by atoms with Gasteiger partial charge in [0.1, 0.15) is 0 Å². The fourth-order valence-electron chi connectivity index (χ4n) is 0. The summed E-state index contributed by atoms with van der Waals surface area (Å²) in [6.45, 7) is 21.5. The quantitative estimate of drug-likeness (QED) is 0.273. The third-order valence-corrected chi connectivity index (χ3v) is 2.64. The van der Waals surface area contributed by atoms with Gasteiger partial charge < -0.3 is 68.0 Å². The van der Waals surface area contributed by atoms with Crippen molar-refractivity contribution >= 4 is 23.9 Å². The van der Waals surface area contributed by atoms with Gasteiger partial charge in [0.15, 0.2) is 0 Å². The zero-order valence-electron chi connectivity index (χ0n) is 21.7. The van der Waals surface area contributed by atoms with Crippen LogP contribution in [0.25, 0.3) is 0 Å². The fraction of sp³-hybridized carbons (Fsp3) is 0.800. The van der Waals surface area contributed by atoms with Crippen molar-refractivity contribution in [3.63, 3.8) is 0 Å². The Morgan fingerprint density at radius 3 is 0.515 bits per heavy atom. The molecule has 0 amide bonds. The monoisotopic (exact) mass is 490 g/mol. The van der Waals surface area contributed by atoms with Crippen LogP contribution in [0.4, 0.5) is 0 Å². The Balaban J connectivity index is -0.0000000490. The summed E-state index contributed by atoms with van der Waals surface area (Å²) in [5.74, 6) is -5.65. The van der Waals surface area contributed by atoms with Gasteiger partial charge in [-0.25, -0.2) is 0 Å². The van der Waals surface area contributed by atoms with Crippen LogP contribution < -0.4 is 43.4 Å². The summed E-state index contributed by atoms with van der Waals surface area (Å²) < 4.78 is 0. The summed E-state index contributed by atoms with van der Waals surface area (Å²) in [7, 11) is 0. The van der Waals surface area contributed by atoms with Crippen molar-refractivity contribution in [3.8, 4) is 0 Å². The summed E-state index contributed by atoms with van der Waals surface area (Å²) in [5, 5.41) is 35.7. The van der Waals surface area contributed by atoms with Crippen molar-refractivity contribution in [2.75, 3.05) is 26.2 Å². The Morgan fingerprint density at radius 2 is 0.515 bits per heavy atom. The average molecular weight is 491 g/mol. The molecule has 0 heterocycles. The second-order valence-electron chi connectivity index (χ2n) is 7.88. The topological polar surface area (TPSA) is 303 Å². The molecular formula is C20H50N4O9. The van der Waals surface area contributed by atoms with Crippen molar-refractivity contribution in [1.82, 2.24) is 0 Å². The van der Waals surface area contributed by atoms with Gasteiger partial charge in [-0.05, 0) is 0 Å². The largest absolute Gasteiger partial charge is 0.543 e. The molecule has 0 radical (unpaired) electrons. The van der Waals surface area contributed by atoms with Crippen LogP contribution in [0.15, 0.2) is 0 Å². The van der Waals surface area contributed by atoms with Gasteiger partial charge in [0.25, 0.3) is 0 Å². The van der Waals surface area contributed by atoms with Gasteiger partial charge in [0.2, 0.25) is 0 Å². The van der Waals surface area contributed by atoms with Crippen LogP contribution in [-0.2, 0) is 19.2 Å². The predicted molar refractivity (Wildman–Crippen MR) is 114 cm³/mol. The molecule has 0 aromatic carbocycles. The van der Waals surface area contributed by atoms with E-state index in [1.807, 2.05) is 0 Å². The number of carbonyl (C=O) groups excluding carboxylic acids is 4. The van der Waals surface area contributed by atoms with Gasteiger partial charge in [-0.3, -0.25) is 0 Å². The van der Waals surface area contributed by atoms with Crippen molar-refractivity contribution in [3.05, 3.63) is 0 Å². The third-order valence-electron chi connectivity index (χ3n) is 2.64. The molecule has 0 unspecified atom stereocenters. The lowest BCUT2D eigenvalue weighted by molar-refractivity contribution is -0.377. The summed E-state index contributed by atoms with van der Waals surface area (Å²) >= 11 is 0. The van der Waals surface area contributed by atoms with Gasteiger partial charge in [0.05, 0.1) is 50.1 Å². The highest BCUT2D eigenvalue weighted by atomic mass is 16.4. The number of carbonyl (C=O) groups is 4. The summed E-state index contributed by atoms with van der Waals surface area (Å²) in [4.78, 5) is 35.7. The Kier molecular flexibility index (Phi) is 54.1. The molecule has 0 bridgehead atoms. The first kappa shape index (κ1) is 48.2. The highest BCUT2D eigenvalue weighted by Crippen LogP contribution is 1.81. The Morgan fingerprint density at radius 1 is 0.455 bits per heavy atom. The molecule has 13 nitrogen and oxygen atoms in total. The molecule has 0 aromatic rings. The lowest BCUT2D eigenvalue weighted by Crippen LogP contribution is -2.52. The summed E-state index contributed by atoms with van der Waals surface area (Å²) in [6.07, 6.45) is 0. The number of hydrogen-bond acceptors (Lipinski definition) is 8. The maximum Gasteiger partial charge on any atom is 0.0870 e. The zero-order valence-corrected chi connectivity index (χ0v) is 21.7. The van der Waals surface area contributed by atoms with Crippen LogP contribution in [0.3, 0.4) is 0 Å². The average Bonchev–Trinajstić information content (AvgIpc) is 2.69. The number of quaternary nitrogens is 4. The Hall–Kier alpha value is -2.32. The maximum absolute atomic E-state index is 8.93. The Bertz CT molecular complexity index is 365. The van der Waals surface area contributed by atoms with E-state index in [9.17, 15) is 0 Å². The van der Waals surface area contributed by atoms with Crippen LogP contribution in [-0.4, -0.2) is 55.5 Å². The molecule has 0 spiro atoms. The van der Waals surface area contributed by atoms with Gasteiger partial charge >= 0.3 is 0 Å². The molecule has 0 saturated carbocycles. The molecule has 204 valence electrons. The lowest BCUT2D eigenvalue weighted by atomic mass is 10.2. The molecule has 0 fully saturated rings. The number of carboxylic acids is 4. The van der Waals surface area contributed by atoms with Crippen LogP contribution in [0.5, 0.6) is 0 Å². The first-order valence-electron chi connectivity index (χ1n) is 10.4. The molecule has 0 saturated heterocycles. The van der Waals surface area contributed by atoms with Crippen LogP contribution in [0, 0.1) is 23.7 Å². The molecular weight excluding hydrogens is 440 g/mol. The van der Waals surface area contributed by atoms with Gasteiger partial charge in [0, 0.05) is 23.7 Å². The van der Waals surface area contributed by atoms with E-state index in [0.29, 0.717) is 0 Å². The van der Waals surface area contributed by atoms with Gasteiger partial charge in [-0.2, -0.15) is 0 Å². The second-order valence-corrected chi connectivity index (χ2v) is 7.88. The first-order chi connectivity index (χ1) is 14.4. The van der Waals surface area contributed by atoms with Crippen LogP contribution in [0.1, 0.15) is 55.4 Å². The van der Waals surface area contributed by atoms with E-state index in [0.717, 1.165) is 49.9 Å². The van der Waals surface area contributed by atoms with Gasteiger partial charge in [-0.15, -0.1) is 0 Å². The number of aliphatic carboxylic acids is 4. The van der Waals surface area contributed by atoms with Crippen molar-refractivity contribution in [1.29, 1.82) is 0 Å². The molecule has 0 atom stereocenters. The minimum absolute atomic E-state index is 0. The normalized spacial score (nSPS) is 8.48. The van der Waals surface area contributed by atoms with Crippen molar-refractivity contribution < 1.29 is 68.0 Å².